The average molecular weight is 362 g/mol. The Balaban J connectivity index is 2.32. The number of ether oxygens (including phenoxy) is 1. The van der Waals surface area contributed by atoms with Gasteiger partial charge in [0.05, 0.1) is 7.11 Å². The molecular weight excluding hydrogens is 340 g/mol. The Labute approximate surface area is 151 Å². The summed E-state index contributed by atoms with van der Waals surface area (Å²) in [6, 6.07) is 9.16. The zero-order valence-corrected chi connectivity index (χ0v) is 15.8. The van der Waals surface area contributed by atoms with Gasteiger partial charge in [0.15, 0.2) is 4.99 Å². The van der Waals surface area contributed by atoms with E-state index in [1.807, 2.05) is 36.6 Å². The standard InChI is InChI=1S/C18H22N2O4S/c1-11-13(14(21)24-4)18(25-5)19(3)15(22)17(11,2)16(23)20(18)12-9-7-6-8-10-12/h6-11,13H,1-5H3/t11-,13+,17+,18+/m0/s1. The van der Waals surface area contributed by atoms with Crippen molar-refractivity contribution in [3.63, 3.8) is 0 Å². The molecule has 0 N–H and O–H groups in total. The molecule has 6 nitrogen and oxygen atoms in total. The number of methoxy groups -OCH3 is 1. The summed E-state index contributed by atoms with van der Waals surface area (Å²) in [5.74, 6) is -2.07. The van der Waals surface area contributed by atoms with E-state index in [-0.39, 0.29) is 11.8 Å². The third kappa shape index (κ3) is 1.96. The van der Waals surface area contributed by atoms with Gasteiger partial charge in [0.1, 0.15) is 11.3 Å². The molecule has 3 heterocycles. The molecule has 4 rings (SSSR count). The van der Waals surface area contributed by atoms with Crippen LogP contribution in [0.4, 0.5) is 5.69 Å². The van der Waals surface area contributed by atoms with Crippen LogP contribution in [0.25, 0.3) is 0 Å². The van der Waals surface area contributed by atoms with Crippen molar-refractivity contribution in [3.8, 4) is 0 Å². The number of nitrogens with zero attached hydrogens (tertiary/aromatic N) is 2. The van der Waals surface area contributed by atoms with Crippen molar-refractivity contribution < 1.29 is 19.1 Å². The zero-order chi connectivity index (χ0) is 18.6. The van der Waals surface area contributed by atoms with Gasteiger partial charge in [0.25, 0.3) is 0 Å². The molecule has 0 spiro atoms. The van der Waals surface area contributed by atoms with Crippen molar-refractivity contribution in [3.05, 3.63) is 30.3 Å². The molecule has 3 fully saturated rings. The van der Waals surface area contributed by atoms with Gasteiger partial charge in [0.2, 0.25) is 11.8 Å². The van der Waals surface area contributed by atoms with Gasteiger partial charge in [-0.15, -0.1) is 11.8 Å². The smallest absolute Gasteiger partial charge is 0.314 e. The fourth-order valence-corrected chi connectivity index (χ4v) is 5.51. The lowest BCUT2D eigenvalue weighted by atomic mass is 9.61. The van der Waals surface area contributed by atoms with Gasteiger partial charge in [-0.3, -0.25) is 19.3 Å². The number of amides is 2. The molecule has 0 unspecified atom stereocenters. The highest BCUT2D eigenvalue weighted by Gasteiger charge is 2.74. The monoisotopic (exact) mass is 362 g/mol. The lowest BCUT2D eigenvalue weighted by Gasteiger charge is -2.65. The normalized spacial score (nSPS) is 34.4. The van der Waals surface area contributed by atoms with Crippen molar-refractivity contribution in [2.45, 2.75) is 18.8 Å². The van der Waals surface area contributed by atoms with Crippen LogP contribution in [0.2, 0.25) is 0 Å². The summed E-state index contributed by atoms with van der Waals surface area (Å²) < 4.78 is 5.06. The first-order chi connectivity index (χ1) is 11.8. The second-order valence-electron chi connectivity index (χ2n) is 6.69. The Bertz CT molecular complexity index is 740. The summed E-state index contributed by atoms with van der Waals surface area (Å²) in [5, 5.41) is 0. The van der Waals surface area contributed by atoms with Crippen molar-refractivity contribution in [1.82, 2.24) is 4.90 Å². The predicted octanol–water partition coefficient (Wildman–Crippen LogP) is 1.95. The van der Waals surface area contributed by atoms with Crippen LogP contribution >= 0.6 is 11.8 Å². The summed E-state index contributed by atoms with van der Waals surface area (Å²) in [7, 11) is 2.99. The molecule has 134 valence electrons. The van der Waals surface area contributed by atoms with E-state index in [1.165, 1.54) is 23.8 Å². The highest BCUT2D eigenvalue weighted by Crippen LogP contribution is 2.59. The molecule has 2 amide bonds. The van der Waals surface area contributed by atoms with Crippen LogP contribution in [0, 0.1) is 17.3 Å². The van der Waals surface area contributed by atoms with Gasteiger partial charge < -0.3 is 9.64 Å². The molecule has 2 bridgehead atoms. The number of para-hydroxylation sites is 1. The molecule has 3 aliphatic rings. The van der Waals surface area contributed by atoms with Crippen LogP contribution in [0.1, 0.15) is 13.8 Å². The first-order valence-corrected chi connectivity index (χ1v) is 9.31. The van der Waals surface area contributed by atoms with Crippen LogP contribution in [0.15, 0.2) is 30.3 Å². The van der Waals surface area contributed by atoms with Crippen LogP contribution in [0.3, 0.4) is 0 Å². The maximum absolute atomic E-state index is 13.4. The number of fused-ring (bicyclic) bond motifs is 3. The van der Waals surface area contributed by atoms with E-state index in [0.29, 0.717) is 5.69 Å². The Morgan fingerprint density at radius 2 is 1.80 bits per heavy atom. The lowest BCUT2D eigenvalue weighted by molar-refractivity contribution is -0.184. The molecule has 7 heteroatoms. The molecule has 4 atom stereocenters. The minimum atomic E-state index is -1.30. The molecule has 25 heavy (non-hydrogen) atoms. The molecule has 1 aromatic rings. The Kier molecular flexibility index (Phi) is 4.10. The minimum Gasteiger partial charge on any atom is -0.469 e. The second-order valence-corrected chi connectivity index (χ2v) is 7.70. The maximum atomic E-state index is 13.4. The Morgan fingerprint density at radius 3 is 2.32 bits per heavy atom. The van der Waals surface area contributed by atoms with Gasteiger partial charge in [-0.25, -0.2) is 0 Å². The van der Waals surface area contributed by atoms with E-state index in [0.717, 1.165) is 0 Å². The molecule has 0 saturated carbocycles. The molecular formula is C18H22N2O4S. The van der Waals surface area contributed by atoms with E-state index in [4.69, 9.17) is 4.74 Å². The number of carbonyl (C=O) groups is 3. The molecule has 1 aromatic carbocycles. The van der Waals surface area contributed by atoms with Crippen molar-refractivity contribution in [1.29, 1.82) is 0 Å². The number of carbonyl (C=O) groups excluding carboxylic acids is 3. The van der Waals surface area contributed by atoms with Crippen LogP contribution in [-0.2, 0) is 19.1 Å². The number of benzene rings is 1. The molecule has 0 radical (unpaired) electrons. The van der Waals surface area contributed by atoms with Crippen molar-refractivity contribution >= 4 is 35.2 Å². The zero-order valence-electron chi connectivity index (χ0n) is 15.0. The van der Waals surface area contributed by atoms with Gasteiger partial charge in [-0.2, -0.15) is 0 Å². The van der Waals surface area contributed by atoms with Crippen molar-refractivity contribution in [2.75, 3.05) is 25.3 Å². The third-order valence-corrected chi connectivity index (χ3v) is 7.09. The average Bonchev–Trinajstić information content (AvgIpc) is 2.63. The number of hydrogen-bond donors (Lipinski definition) is 0. The quantitative estimate of drug-likeness (QED) is 0.607. The fraction of sp³-hybridized carbons (Fsp3) is 0.500. The minimum absolute atomic E-state index is 0.258. The largest absolute Gasteiger partial charge is 0.469 e. The van der Waals surface area contributed by atoms with E-state index >= 15 is 0 Å². The Hall–Kier alpha value is -2.02. The van der Waals surface area contributed by atoms with Crippen LogP contribution in [0.5, 0.6) is 0 Å². The number of anilines is 1. The number of esters is 1. The second kappa shape index (κ2) is 5.76. The predicted molar refractivity (Wildman–Crippen MR) is 95.7 cm³/mol. The summed E-state index contributed by atoms with van der Waals surface area (Å²) >= 11 is 1.31. The van der Waals surface area contributed by atoms with Crippen LogP contribution in [-0.4, -0.2) is 48.1 Å². The highest BCUT2D eigenvalue weighted by atomic mass is 32.2. The molecule has 3 saturated heterocycles. The maximum Gasteiger partial charge on any atom is 0.314 e. The number of hydrogen-bond acceptors (Lipinski definition) is 5. The van der Waals surface area contributed by atoms with Gasteiger partial charge >= 0.3 is 5.97 Å². The summed E-state index contributed by atoms with van der Waals surface area (Å²) in [6.45, 7) is 3.42. The topological polar surface area (TPSA) is 66.9 Å². The van der Waals surface area contributed by atoms with Gasteiger partial charge in [0, 0.05) is 12.7 Å². The van der Waals surface area contributed by atoms with E-state index in [9.17, 15) is 14.4 Å². The molecule has 0 aromatic heterocycles. The summed E-state index contributed by atoms with van der Waals surface area (Å²) in [4.78, 5) is 41.1. The molecule has 3 aliphatic heterocycles. The first-order valence-electron chi connectivity index (χ1n) is 8.09. The number of piperidine rings is 2. The van der Waals surface area contributed by atoms with Crippen molar-refractivity contribution in [2.24, 2.45) is 17.3 Å². The van der Waals surface area contributed by atoms with Gasteiger partial charge in [-0.05, 0) is 31.2 Å². The summed E-state index contributed by atoms with van der Waals surface area (Å²) in [6.07, 6.45) is 1.81. The van der Waals surface area contributed by atoms with Gasteiger partial charge in [-0.1, -0.05) is 25.1 Å². The van der Waals surface area contributed by atoms with E-state index in [1.54, 1.807) is 25.8 Å². The molecule has 0 aliphatic carbocycles. The highest BCUT2D eigenvalue weighted by molar-refractivity contribution is 8.00. The van der Waals surface area contributed by atoms with E-state index < -0.39 is 28.2 Å². The summed E-state index contributed by atoms with van der Waals surface area (Å²) in [5.41, 5.74) is -0.644. The SMILES string of the molecule is COC(=O)[C@H]1[C@H](C)[C@]2(C)C(=O)N(C)[C@@]1(SC)N(c1ccccc1)C2=O. The number of thioether (sulfide) groups is 1. The third-order valence-electron chi connectivity index (χ3n) is 5.78. The fourth-order valence-electron chi connectivity index (χ4n) is 4.23. The first kappa shape index (κ1) is 17.8. The number of rotatable bonds is 3. The van der Waals surface area contributed by atoms with Crippen LogP contribution < -0.4 is 4.90 Å². The Morgan fingerprint density at radius 1 is 1.20 bits per heavy atom. The van der Waals surface area contributed by atoms with E-state index in [2.05, 4.69) is 0 Å². The lowest BCUT2D eigenvalue weighted by Crippen LogP contribution is -2.82.